The number of ether oxygens (including phenoxy) is 2. The number of benzene rings is 2. The minimum absolute atomic E-state index is 0.118. The molecule has 1 amide bonds. The van der Waals surface area contributed by atoms with Crippen LogP contribution < -0.4 is 9.64 Å². The van der Waals surface area contributed by atoms with Crippen molar-refractivity contribution in [2.45, 2.75) is 36.7 Å². The van der Waals surface area contributed by atoms with Crippen LogP contribution in [-0.4, -0.2) is 44.3 Å². The lowest BCUT2D eigenvalue weighted by molar-refractivity contribution is -0.274. The maximum Gasteiger partial charge on any atom is 0.573 e. The summed E-state index contributed by atoms with van der Waals surface area (Å²) in [4.78, 5) is 13.8. The average Bonchev–Trinajstić information content (AvgIpc) is 2.73. The first kappa shape index (κ1) is 22.7. The zero-order chi connectivity index (χ0) is 23.1. The highest BCUT2D eigenvalue weighted by Gasteiger charge is 2.37. The standard InChI is InChI=1S/C20H18ClF3N2O5S/c21-14-1-6-18-13(11-14)12-30-19(27)26(18)15-7-9-25(10-8-15)32(28,29)17-4-2-16(3-5-17)31-20(22,23)24/h1-6,11,15H,7-10,12H2. The molecule has 2 aliphatic heterocycles. The van der Waals surface area contributed by atoms with E-state index in [0.29, 0.717) is 23.6 Å². The van der Waals surface area contributed by atoms with E-state index in [1.807, 2.05) is 0 Å². The predicted molar refractivity (Wildman–Crippen MR) is 109 cm³/mol. The Hall–Kier alpha value is -2.50. The fourth-order valence-corrected chi connectivity index (χ4v) is 5.53. The van der Waals surface area contributed by atoms with E-state index in [-0.39, 0.29) is 30.6 Å². The van der Waals surface area contributed by atoms with Gasteiger partial charge in [-0.1, -0.05) is 11.6 Å². The Morgan fingerprint density at radius 1 is 1.06 bits per heavy atom. The first-order valence-corrected chi connectivity index (χ1v) is 11.5. The molecule has 0 atom stereocenters. The van der Waals surface area contributed by atoms with Gasteiger partial charge in [0.2, 0.25) is 10.0 Å². The largest absolute Gasteiger partial charge is 0.573 e. The van der Waals surface area contributed by atoms with E-state index in [2.05, 4.69) is 4.74 Å². The van der Waals surface area contributed by atoms with Crippen LogP contribution in [0.1, 0.15) is 18.4 Å². The molecule has 2 aromatic rings. The summed E-state index contributed by atoms with van der Waals surface area (Å²) < 4.78 is 73.0. The van der Waals surface area contributed by atoms with E-state index in [1.165, 1.54) is 9.21 Å². The van der Waals surface area contributed by atoms with Crippen molar-refractivity contribution in [2.75, 3.05) is 18.0 Å². The van der Waals surface area contributed by atoms with Crippen molar-refractivity contribution in [3.63, 3.8) is 0 Å². The first-order valence-electron chi connectivity index (χ1n) is 9.65. The monoisotopic (exact) mass is 490 g/mol. The van der Waals surface area contributed by atoms with Gasteiger partial charge in [-0.25, -0.2) is 13.2 Å². The summed E-state index contributed by atoms with van der Waals surface area (Å²) in [5.41, 5.74) is 1.46. The number of hydrogen-bond acceptors (Lipinski definition) is 5. The van der Waals surface area contributed by atoms with E-state index in [9.17, 15) is 26.4 Å². The number of alkyl halides is 3. The maximum atomic E-state index is 12.9. The van der Waals surface area contributed by atoms with Crippen LogP contribution in [0.25, 0.3) is 0 Å². The lowest BCUT2D eigenvalue weighted by Crippen LogP contribution is -2.50. The number of carbonyl (C=O) groups is 1. The predicted octanol–water partition coefficient (Wildman–Crippen LogP) is 4.55. The summed E-state index contributed by atoms with van der Waals surface area (Å²) >= 11 is 6.02. The quantitative estimate of drug-likeness (QED) is 0.628. The number of hydrogen-bond donors (Lipinski definition) is 0. The molecule has 12 heteroatoms. The molecule has 1 saturated heterocycles. The van der Waals surface area contributed by atoms with E-state index in [0.717, 1.165) is 29.8 Å². The van der Waals surface area contributed by atoms with Crippen molar-refractivity contribution < 1.29 is 35.9 Å². The SMILES string of the molecule is O=C1OCc2cc(Cl)ccc2N1C1CCN(S(=O)(=O)c2ccc(OC(F)(F)F)cc2)CC1. The molecule has 4 rings (SSSR count). The smallest absolute Gasteiger partial charge is 0.444 e. The van der Waals surface area contributed by atoms with Crippen LogP contribution in [0.15, 0.2) is 47.4 Å². The van der Waals surface area contributed by atoms with Gasteiger partial charge < -0.3 is 9.47 Å². The summed E-state index contributed by atoms with van der Waals surface area (Å²) in [6.45, 7) is 0.396. The molecule has 0 aliphatic carbocycles. The summed E-state index contributed by atoms with van der Waals surface area (Å²) in [6, 6.07) is 8.94. The molecule has 0 unspecified atom stereocenters. The average molecular weight is 491 g/mol. The summed E-state index contributed by atoms with van der Waals surface area (Å²) in [7, 11) is -3.91. The Labute approximate surface area is 187 Å². The molecule has 2 heterocycles. The van der Waals surface area contributed by atoms with Crippen LogP contribution in [-0.2, 0) is 21.4 Å². The second kappa shape index (κ2) is 8.45. The Kier molecular flexibility index (Phi) is 5.99. The maximum absolute atomic E-state index is 12.9. The van der Waals surface area contributed by atoms with E-state index >= 15 is 0 Å². The fraction of sp³-hybridized carbons (Fsp3) is 0.350. The van der Waals surface area contributed by atoms with Gasteiger partial charge in [0.05, 0.1) is 10.6 Å². The number of piperidine rings is 1. The molecule has 0 saturated carbocycles. The Bertz CT molecular complexity index is 1120. The molecule has 1 fully saturated rings. The van der Waals surface area contributed by atoms with Crippen molar-refractivity contribution in [3.05, 3.63) is 53.1 Å². The van der Waals surface area contributed by atoms with Crippen LogP contribution >= 0.6 is 11.6 Å². The number of amides is 1. The highest BCUT2D eigenvalue weighted by atomic mass is 35.5. The van der Waals surface area contributed by atoms with E-state index in [4.69, 9.17) is 16.3 Å². The topological polar surface area (TPSA) is 76.2 Å². The Balaban J connectivity index is 1.46. The van der Waals surface area contributed by atoms with Crippen molar-refractivity contribution >= 4 is 33.4 Å². The molecule has 0 bridgehead atoms. The summed E-state index contributed by atoms with van der Waals surface area (Å²) in [5.74, 6) is -0.502. The van der Waals surface area contributed by atoms with Crippen molar-refractivity contribution in [1.82, 2.24) is 4.31 Å². The number of anilines is 1. The molecule has 172 valence electrons. The van der Waals surface area contributed by atoms with Gasteiger partial charge >= 0.3 is 12.5 Å². The third-order valence-corrected chi connectivity index (χ3v) is 7.48. The number of halogens is 4. The van der Waals surface area contributed by atoms with Crippen molar-refractivity contribution in [2.24, 2.45) is 0 Å². The molecule has 0 spiro atoms. The molecule has 0 aromatic heterocycles. The summed E-state index contributed by atoms with van der Waals surface area (Å²) in [5, 5.41) is 0.522. The molecule has 0 N–H and O–H groups in total. The Morgan fingerprint density at radius 2 is 1.72 bits per heavy atom. The van der Waals surface area contributed by atoms with Crippen LogP contribution in [0, 0.1) is 0 Å². The highest BCUT2D eigenvalue weighted by molar-refractivity contribution is 7.89. The van der Waals surface area contributed by atoms with Crippen LogP contribution in [0.5, 0.6) is 5.75 Å². The van der Waals surface area contributed by atoms with Crippen LogP contribution in [0.2, 0.25) is 5.02 Å². The number of sulfonamides is 1. The second-order valence-electron chi connectivity index (χ2n) is 7.35. The van der Waals surface area contributed by atoms with E-state index < -0.39 is 28.2 Å². The fourth-order valence-electron chi connectivity index (χ4n) is 3.86. The highest BCUT2D eigenvalue weighted by Crippen LogP contribution is 2.34. The zero-order valence-electron chi connectivity index (χ0n) is 16.5. The minimum Gasteiger partial charge on any atom is -0.444 e. The van der Waals surface area contributed by atoms with Gasteiger partial charge in [-0.3, -0.25) is 4.90 Å². The molecular weight excluding hydrogens is 473 g/mol. The lowest BCUT2D eigenvalue weighted by Gasteiger charge is -2.39. The normalized spacial score (nSPS) is 18.2. The molecule has 0 radical (unpaired) electrons. The number of cyclic esters (lactones) is 1. The Morgan fingerprint density at radius 3 is 2.34 bits per heavy atom. The summed E-state index contributed by atoms with van der Waals surface area (Å²) in [6.07, 6.45) is -4.62. The number of nitrogens with zero attached hydrogens (tertiary/aromatic N) is 2. The molecular formula is C20H18ClF3N2O5S. The van der Waals surface area contributed by atoms with Gasteiger partial charge in [0.15, 0.2) is 0 Å². The second-order valence-corrected chi connectivity index (χ2v) is 9.73. The van der Waals surface area contributed by atoms with E-state index in [1.54, 1.807) is 18.2 Å². The van der Waals surface area contributed by atoms with Crippen molar-refractivity contribution in [1.29, 1.82) is 0 Å². The minimum atomic E-state index is -4.86. The number of rotatable bonds is 4. The van der Waals surface area contributed by atoms with Gasteiger partial charge in [-0.05, 0) is 55.3 Å². The van der Waals surface area contributed by atoms with Crippen LogP contribution in [0.3, 0.4) is 0 Å². The lowest BCUT2D eigenvalue weighted by atomic mass is 10.0. The number of carbonyl (C=O) groups excluding carboxylic acids is 1. The van der Waals surface area contributed by atoms with Gasteiger partial charge in [-0.2, -0.15) is 4.31 Å². The van der Waals surface area contributed by atoms with Gasteiger partial charge in [0.25, 0.3) is 0 Å². The van der Waals surface area contributed by atoms with Gasteiger partial charge in [0, 0.05) is 29.7 Å². The van der Waals surface area contributed by atoms with Gasteiger partial charge in [0.1, 0.15) is 12.4 Å². The molecule has 2 aromatic carbocycles. The molecule has 2 aliphatic rings. The molecule has 32 heavy (non-hydrogen) atoms. The third-order valence-electron chi connectivity index (χ3n) is 5.33. The first-order chi connectivity index (χ1) is 15.0. The molecule has 7 nitrogen and oxygen atoms in total. The zero-order valence-corrected chi connectivity index (χ0v) is 18.1. The van der Waals surface area contributed by atoms with Crippen LogP contribution in [0.4, 0.5) is 23.7 Å². The number of fused-ring (bicyclic) bond motifs is 1. The van der Waals surface area contributed by atoms with Crippen molar-refractivity contribution in [3.8, 4) is 5.75 Å². The van der Waals surface area contributed by atoms with Gasteiger partial charge in [-0.15, -0.1) is 13.2 Å². The third kappa shape index (κ3) is 4.64.